The van der Waals surface area contributed by atoms with Crippen LogP contribution in [0.1, 0.15) is 25.0 Å². The first-order valence-electron chi connectivity index (χ1n) is 8.72. The van der Waals surface area contributed by atoms with Crippen LogP contribution in [0.5, 0.6) is 11.6 Å². The van der Waals surface area contributed by atoms with Crippen molar-refractivity contribution in [1.82, 2.24) is 9.88 Å². The Kier molecular flexibility index (Phi) is 9.04. The third kappa shape index (κ3) is 5.04. The average Bonchev–Trinajstić information content (AvgIpc) is 2.70. The van der Waals surface area contributed by atoms with Crippen LogP contribution in [0.3, 0.4) is 0 Å². The minimum absolute atomic E-state index is 0. The normalized spacial score (nSPS) is 9.93. The van der Waals surface area contributed by atoms with Crippen LogP contribution in [-0.4, -0.2) is 43.2 Å². The summed E-state index contributed by atoms with van der Waals surface area (Å²) >= 11 is 0. The number of halogens is 1. The quantitative estimate of drug-likeness (QED) is 0.723. The third-order valence-electron chi connectivity index (χ3n) is 4.32. The molecule has 28 heavy (non-hydrogen) atoms. The second-order valence-electron chi connectivity index (χ2n) is 5.75. The minimum atomic E-state index is 0. The zero-order chi connectivity index (χ0) is 19.8. The first-order chi connectivity index (χ1) is 13.1. The van der Waals surface area contributed by atoms with E-state index in [9.17, 15) is 10.5 Å². The molecule has 0 aliphatic carbocycles. The highest BCUT2D eigenvalue weighted by Gasteiger charge is 2.20. The number of anilines is 1. The summed E-state index contributed by atoms with van der Waals surface area (Å²) in [6, 6.07) is 11.3. The monoisotopic (exact) mass is 401 g/mol. The van der Waals surface area contributed by atoms with Crippen LogP contribution in [0.4, 0.5) is 5.82 Å². The summed E-state index contributed by atoms with van der Waals surface area (Å²) in [6.07, 6.45) is 0. The Labute approximate surface area is 171 Å². The van der Waals surface area contributed by atoms with Gasteiger partial charge in [0.1, 0.15) is 41.4 Å². The Bertz CT molecular complexity index is 868. The van der Waals surface area contributed by atoms with Crippen molar-refractivity contribution in [3.8, 4) is 34.9 Å². The molecule has 2 aromatic rings. The molecule has 0 amide bonds. The van der Waals surface area contributed by atoms with Crippen LogP contribution in [0.25, 0.3) is 11.1 Å². The molecule has 0 aliphatic heterocycles. The molecule has 148 valence electrons. The molecule has 0 radical (unpaired) electrons. The van der Waals surface area contributed by atoms with Crippen LogP contribution in [0, 0.1) is 22.7 Å². The summed E-state index contributed by atoms with van der Waals surface area (Å²) in [5, 5.41) is 19.0. The SMILES string of the molecule is CCN(CC)CCOc1ccc(-c2c(C#N)c(N)nc(OC)c2C#N)cc1.Cl. The molecule has 1 heterocycles. The van der Waals surface area contributed by atoms with Crippen molar-refractivity contribution in [3.05, 3.63) is 35.4 Å². The molecular weight excluding hydrogens is 378 g/mol. The Balaban J connectivity index is 0.00000392. The maximum atomic E-state index is 9.52. The number of nitrogen functional groups attached to an aromatic ring is 1. The number of aromatic nitrogens is 1. The fourth-order valence-electron chi connectivity index (χ4n) is 2.78. The third-order valence-corrected chi connectivity index (χ3v) is 4.32. The lowest BCUT2D eigenvalue weighted by molar-refractivity contribution is 0.223. The highest BCUT2D eigenvalue weighted by molar-refractivity contribution is 5.85. The van der Waals surface area contributed by atoms with E-state index in [2.05, 4.69) is 29.8 Å². The largest absolute Gasteiger partial charge is 0.492 e. The van der Waals surface area contributed by atoms with Gasteiger partial charge in [-0.25, -0.2) is 0 Å². The number of nitrogens with zero attached hydrogens (tertiary/aromatic N) is 4. The van der Waals surface area contributed by atoms with E-state index in [0.29, 0.717) is 17.7 Å². The standard InChI is InChI=1S/C20H23N5O2.ClH/c1-4-25(5-2)10-11-27-15-8-6-14(7-9-15)18-16(12-21)19(23)24-20(26-3)17(18)13-22;/h6-9H,4-5,10-11H2,1-3H3,(H2,23,24);1H. The number of hydrogen-bond donors (Lipinski definition) is 1. The number of nitrogens with two attached hydrogens (primary N) is 1. The fourth-order valence-corrected chi connectivity index (χ4v) is 2.78. The lowest BCUT2D eigenvalue weighted by Gasteiger charge is -2.18. The average molecular weight is 402 g/mol. The van der Waals surface area contributed by atoms with Crippen molar-refractivity contribution in [2.45, 2.75) is 13.8 Å². The number of ether oxygens (including phenoxy) is 2. The number of likely N-dealkylation sites (N-methyl/N-ethyl adjacent to an activating group) is 1. The number of benzene rings is 1. The van der Waals surface area contributed by atoms with Gasteiger partial charge in [-0.05, 0) is 30.8 Å². The highest BCUT2D eigenvalue weighted by Crippen LogP contribution is 2.35. The maximum absolute atomic E-state index is 9.52. The maximum Gasteiger partial charge on any atom is 0.234 e. The van der Waals surface area contributed by atoms with Gasteiger partial charge in [-0.15, -0.1) is 12.4 Å². The summed E-state index contributed by atoms with van der Waals surface area (Å²) in [6.45, 7) is 7.64. The van der Waals surface area contributed by atoms with Gasteiger partial charge in [0, 0.05) is 12.1 Å². The van der Waals surface area contributed by atoms with Gasteiger partial charge in [-0.1, -0.05) is 26.0 Å². The molecule has 0 saturated heterocycles. The molecule has 0 spiro atoms. The van der Waals surface area contributed by atoms with Crippen LogP contribution in [-0.2, 0) is 0 Å². The highest BCUT2D eigenvalue weighted by atomic mass is 35.5. The van der Waals surface area contributed by atoms with E-state index in [0.717, 1.165) is 25.4 Å². The first kappa shape index (κ1) is 23.0. The summed E-state index contributed by atoms with van der Waals surface area (Å²) < 4.78 is 10.9. The van der Waals surface area contributed by atoms with Gasteiger partial charge in [0.2, 0.25) is 5.88 Å². The van der Waals surface area contributed by atoms with Gasteiger partial charge in [-0.3, -0.25) is 0 Å². The van der Waals surface area contributed by atoms with E-state index < -0.39 is 0 Å². The predicted molar refractivity (Wildman–Crippen MR) is 111 cm³/mol. The minimum Gasteiger partial charge on any atom is -0.492 e. The topological polar surface area (TPSA) is 108 Å². The van der Waals surface area contributed by atoms with E-state index in [4.69, 9.17) is 15.2 Å². The summed E-state index contributed by atoms with van der Waals surface area (Å²) in [7, 11) is 1.41. The molecule has 8 heteroatoms. The molecule has 2 N–H and O–H groups in total. The van der Waals surface area contributed by atoms with Gasteiger partial charge >= 0.3 is 0 Å². The number of methoxy groups -OCH3 is 1. The molecule has 0 bridgehead atoms. The molecule has 0 saturated carbocycles. The molecule has 0 fully saturated rings. The second kappa shape index (κ2) is 11.0. The number of rotatable bonds is 8. The van der Waals surface area contributed by atoms with Crippen LogP contribution < -0.4 is 15.2 Å². The summed E-state index contributed by atoms with van der Waals surface area (Å²) in [5.41, 5.74) is 7.29. The zero-order valence-corrected chi connectivity index (χ0v) is 17.0. The number of pyridine rings is 1. The molecular formula is C20H24ClN5O2. The Morgan fingerprint density at radius 1 is 1.07 bits per heavy atom. The molecule has 1 aromatic carbocycles. The van der Waals surface area contributed by atoms with Crippen LogP contribution >= 0.6 is 12.4 Å². The lowest BCUT2D eigenvalue weighted by atomic mass is 9.96. The molecule has 7 nitrogen and oxygen atoms in total. The predicted octanol–water partition coefficient (Wildman–Crippen LogP) is 3.23. The molecule has 0 atom stereocenters. The number of nitriles is 2. The van der Waals surface area contributed by atoms with Crippen LogP contribution in [0.15, 0.2) is 24.3 Å². The van der Waals surface area contributed by atoms with E-state index >= 15 is 0 Å². The van der Waals surface area contributed by atoms with Crippen molar-refractivity contribution in [3.63, 3.8) is 0 Å². The van der Waals surface area contributed by atoms with Crippen molar-refractivity contribution in [1.29, 1.82) is 10.5 Å². The Hall–Kier alpha value is -3.00. The van der Waals surface area contributed by atoms with Crippen molar-refractivity contribution in [2.24, 2.45) is 0 Å². The zero-order valence-electron chi connectivity index (χ0n) is 16.2. The van der Waals surface area contributed by atoms with E-state index in [-0.39, 0.29) is 35.2 Å². The molecule has 0 aliphatic rings. The smallest absolute Gasteiger partial charge is 0.234 e. The van der Waals surface area contributed by atoms with Gasteiger partial charge in [0.05, 0.1) is 7.11 Å². The summed E-state index contributed by atoms with van der Waals surface area (Å²) in [4.78, 5) is 6.27. The van der Waals surface area contributed by atoms with Gasteiger partial charge in [0.25, 0.3) is 0 Å². The van der Waals surface area contributed by atoms with Crippen LogP contribution in [0.2, 0.25) is 0 Å². The number of hydrogen-bond acceptors (Lipinski definition) is 7. The fraction of sp³-hybridized carbons (Fsp3) is 0.350. The Morgan fingerprint density at radius 2 is 1.68 bits per heavy atom. The lowest BCUT2D eigenvalue weighted by Crippen LogP contribution is -2.27. The van der Waals surface area contributed by atoms with Gasteiger partial charge < -0.3 is 20.1 Å². The molecule has 1 aromatic heterocycles. The molecule has 2 rings (SSSR count). The van der Waals surface area contributed by atoms with E-state index in [1.54, 1.807) is 12.1 Å². The van der Waals surface area contributed by atoms with Crippen molar-refractivity contribution < 1.29 is 9.47 Å². The van der Waals surface area contributed by atoms with Gasteiger partial charge in [0.15, 0.2) is 0 Å². The van der Waals surface area contributed by atoms with Crippen molar-refractivity contribution >= 4 is 18.2 Å². The summed E-state index contributed by atoms with van der Waals surface area (Å²) in [5.74, 6) is 0.850. The van der Waals surface area contributed by atoms with Gasteiger partial charge in [-0.2, -0.15) is 15.5 Å². The van der Waals surface area contributed by atoms with E-state index in [1.807, 2.05) is 18.2 Å². The van der Waals surface area contributed by atoms with Crippen molar-refractivity contribution in [2.75, 3.05) is 39.1 Å². The first-order valence-corrected chi connectivity index (χ1v) is 8.72. The molecule has 0 unspecified atom stereocenters. The second-order valence-corrected chi connectivity index (χ2v) is 5.75. The Morgan fingerprint density at radius 3 is 2.18 bits per heavy atom. The van der Waals surface area contributed by atoms with E-state index in [1.165, 1.54) is 7.11 Å².